The molecule has 25 valence electrons. The number of rotatable bonds is 0. The second-order valence-corrected chi connectivity index (χ2v) is 0. The number of hydrogen-bond acceptors (Lipinski definition) is 0. The van der Waals surface area contributed by atoms with Crippen molar-refractivity contribution < 1.29 is 21.7 Å². The molecule has 0 saturated heterocycles. The Balaban J connectivity index is 0. The molecule has 0 amide bonds. The Morgan fingerprint density at radius 3 is 0.500 bits per heavy atom. The molecule has 0 N–H and O–H groups in total. The topological polar surface area (TPSA) is 0 Å². The maximum Gasteiger partial charge on any atom is 3.00 e. The average Bonchev–Trinajstić information content (AvgIpc) is 0. The van der Waals surface area contributed by atoms with Gasteiger partial charge in [0.1, 0.15) is 0 Å². The van der Waals surface area contributed by atoms with Crippen LogP contribution >= 0.6 is 0 Å². The standard InChI is InChI=1S/3CH3.Ti/h3*1H3;/q3*-1;+3. The van der Waals surface area contributed by atoms with Crippen LogP contribution in [0, 0.1) is 22.3 Å². The minimum Gasteiger partial charge on any atom is -0.358 e. The van der Waals surface area contributed by atoms with E-state index in [2.05, 4.69) is 0 Å². The minimum absolute atomic E-state index is 0. The first-order valence-corrected chi connectivity index (χ1v) is 0. The molecule has 0 atom stereocenters. The van der Waals surface area contributed by atoms with Crippen molar-refractivity contribution in [3.8, 4) is 0 Å². The van der Waals surface area contributed by atoms with Gasteiger partial charge in [-0.2, -0.15) is 0 Å². The SMILES string of the molecule is [CH3-].[CH3-].[CH3-].[Ti+3]. The van der Waals surface area contributed by atoms with Gasteiger partial charge in [0.25, 0.3) is 0 Å². The second-order valence-electron chi connectivity index (χ2n) is 0. The molecule has 0 aromatic rings. The van der Waals surface area contributed by atoms with Crippen LogP contribution in [0.5, 0.6) is 0 Å². The van der Waals surface area contributed by atoms with Crippen LogP contribution < -0.4 is 0 Å². The van der Waals surface area contributed by atoms with Crippen LogP contribution in [0.2, 0.25) is 0 Å². The van der Waals surface area contributed by atoms with Crippen molar-refractivity contribution in [3.63, 3.8) is 0 Å². The van der Waals surface area contributed by atoms with Crippen molar-refractivity contribution in [3.05, 3.63) is 22.3 Å². The van der Waals surface area contributed by atoms with Crippen molar-refractivity contribution in [2.45, 2.75) is 0 Å². The van der Waals surface area contributed by atoms with Crippen LogP contribution in [0.25, 0.3) is 0 Å². The van der Waals surface area contributed by atoms with Crippen molar-refractivity contribution in [2.24, 2.45) is 0 Å². The fourth-order valence-corrected chi connectivity index (χ4v) is 0. The molecule has 1 radical (unpaired) electrons. The quantitative estimate of drug-likeness (QED) is 0.313. The predicted molar refractivity (Wildman–Crippen MR) is 19.2 cm³/mol. The summed E-state index contributed by atoms with van der Waals surface area (Å²) in [5, 5.41) is 0. The molecule has 0 aromatic carbocycles. The zero-order chi connectivity index (χ0) is 0. The van der Waals surface area contributed by atoms with E-state index in [0.717, 1.165) is 0 Å². The average molecular weight is 93.0 g/mol. The Morgan fingerprint density at radius 1 is 0.500 bits per heavy atom. The van der Waals surface area contributed by atoms with E-state index in [-0.39, 0.29) is 44.0 Å². The van der Waals surface area contributed by atoms with E-state index < -0.39 is 0 Å². The molecule has 0 heterocycles. The fourth-order valence-electron chi connectivity index (χ4n) is 0. The van der Waals surface area contributed by atoms with Crippen LogP contribution in [-0.2, 0) is 21.7 Å². The Morgan fingerprint density at radius 2 is 0.500 bits per heavy atom. The van der Waals surface area contributed by atoms with Gasteiger partial charge in [0.05, 0.1) is 0 Å². The molecule has 0 nitrogen and oxygen atoms in total. The zero-order valence-corrected chi connectivity index (χ0v) is 5.06. The summed E-state index contributed by atoms with van der Waals surface area (Å²) < 4.78 is 0. The Labute approximate surface area is 44.5 Å². The van der Waals surface area contributed by atoms with E-state index in [9.17, 15) is 0 Å². The summed E-state index contributed by atoms with van der Waals surface area (Å²) in [6.45, 7) is 0. The van der Waals surface area contributed by atoms with Gasteiger partial charge in [0, 0.05) is 0 Å². The molecule has 0 spiro atoms. The molecule has 1 heteroatoms. The molecule has 0 aliphatic rings. The molecule has 0 rings (SSSR count). The van der Waals surface area contributed by atoms with Crippen LogP contribution in [0.3, 0.4) is 0 Å². The van der Waals surface area contributed by atoms with Gasteiger partial charge < -0.3 is 22.3 Å². The van der Waals surface area contributed by atoms with E-state index in [0.29, 0.717) is 0 Å². The molecule has 0 aliphatic carbocycles. The monoisotopic (exact) mass is 93.0 g/mol. The summed E-state index contributed by atoms with van der Waals surface area (Å²) in [6.07, 6.45) is 0. The molecular formula is C3H9Ti. The van der Waals surface area contributed by atoms with Gasteiger partial charge in [-0.1, -0.05) is 0 Å². The van der Waals surface area contributed by atoms with Gasteiger partial charge >= 0.3 is 21.7 Å². The number of hydrogen-bond donors (Lipinski definition) is 0. The minimum atomic E-state index is 0. The summed E-state index contributed by atoms with van der Waals surface area (Å²) in [4.78, 5) is 0. The molecule has 0 bridgehead atoms. The van der Waals surface area contributed by atoms with Crippen LogP contribution in [0.4, 0.5) is 0 Å². The first-order valence-electron chi connectivity index (χ1n) is 0. The van der Waals surface area contributed by atoms with Crippen LogP contribution in [0.15, 0.2) is 0 Å². The summed E-state index contributed by atoms with van der Waals surface area (Å²) in [7, 11) is 0. The van der Waals surface area contributed by atoms with Gasteiger partial charge in [-0.25, -0.2) is 0 Å². The molecule has 0 fully saturated rings. The maximum absolute atomic E-state index is 0. The van der Waals surface area contributed by atoms with Gasteiger partial charge in [0.15, 0.2) is 0 Å². The molecule has 0 unspecified atom stereocenters. The van der Waals surface area contributed by atoms with Crippen LogP contribution in [0.1, 0.15) is 0 Å². The summed E-state index contributed by atoms with van der Waals surface area (Å²) in [6, 6.07) is 0. The Kier molecular flexibility index (Phi) is 1710. The maximum atomic E-state index is 0. The normalized spacial score (nSPS) is 0. The largest absolute Gasteiger partial charge is 3.00 e. The first kappa shape index (κ1) is 127. The molecule has 4 heavy (non-hydrogen) atoms. The van der Waals surface area contributed by atoms with Crippen molar-refractivity contribution in [1.82, 2.24) is 0 Å². The van der Waals surface area contributed by atoms with Crippen molar-refractivity contribution in [2.75, 3.05) is 0 Å². The van der Waals surface area contributed by atoms with E-state index >= 15 is 0 Å². The van der Waals surface area contributed by atoms with Crippen LogP contribution in [-0.4, -0.2) is 0 Å². The van der Waals surface area contributed by atoms with E-state index in [1.165, 1.54) is 0 Å². The Hall–Kier alpha value is 0.714. The summed E-state index contributed by atoms with van der Waals surface area (Å²) >= 11 is 0. The van der Waals surface area contributed by atoms with Gasteiger partial charge in [-0.05, 0) is 0 Å². The molecule has 0 aliphatic heterocycles. The third-order valence-electron chi connectivity index (χ3n) is 0. The van der Waals surface area contributed by atoms with Gasteiger partial charge in [-0.15, -0.1) is 0 Å². The van der Waals surface area contributed by atoms with Crippen molar-refractivity contribution in [1.29, 1.82) is 0 Å². The van der Waals surface area contributed by atoms with E-state index in [1.807, 2.05) is 0 Å². The van der Waals surface area contributed by atoms with E-state index in [1.54, 1.807) is 0 Å². The predicted octanol–water partition coefficient (Wildman–Crippen LogP) is 1.35. The third kappa shape index (κ3) is 15.6. The fraction of sp³-hybridized carbons (Fsp3) is 0. The summed E-state index contributed by atoms with van der Waals surface area (Å²) in [5.41, 5.74) is 0. The third-order valence-corrected chi connectivity index (χ3v) is 0. The van der Waals surface area contributed by atoms with Crippen molar-refractivity contribution >= 4 is 0 Å². The summed E-state index contributed by atoms with van der Waals surface area (Å²) in [5.74, 6) is 0. The smallest absolute Gasteiger partial charge is 0.358 e. The first-order chi connectivity index (χ1) is 0. The zero-order valence-electron chi connectivity index (χ0n) is 3.50. The molecule has 0 aromatic heterocycles. The van der Waals surface area contributed by atoms with Gasteiger partial charge in [-0.3, -0.25) is 0 Å². The Bertz CT molecular complexity index is 3.25. The second kappa shape index (κ2) is 53.6. The molecule has 0 saturated carbocycles. The van der Waals surface area contributed by atoms with Gasteiger partial charge in [0.2, 0.25) is 0 Å². The van der Waals surface area contributed by atoms with E-state index in [4.69, 9.17) is 0 Å². The molecular weight excluding hydrogens is 83.9 g/mol.